The van der Waals surface area contributed by atoms with Gasteiger partial charge in [0.2, 0.25) is 0 Å². The van der Waals surface area contributed by atoms with Gasteiger partial charge in [0.1, 0.15) is 5.82 Å². The van der Waals surface area contributed by atoms with Crippen molar-refractivity contribution in [2.75, 3.05) is 6.54 Å². The Balaban J connectivity index is 2.55. The molecular weight excluding hydrogens is 317 g/mol. The summed E-state index contributed by atoms with van der Waals surface area (Å²) in [4.78, 5) is 0. The molecule has 0 aromatic heterocycles. The minimum Gasteiger partial charge on any atom is -0.306 e. The van der Waals surface area contributed by atoms with Crippen LogP contribution in [0.2, 0.25) is 0 Å². The number of hydrogen-bond donors (Lipinski definition) is 1. The molecule has 0 bridgehead atoms. The molecule has 0 saturated heterocycles. The van der Waals surface area contributed by atoms with Gasteiger partial charge >= 0.3 is 0 Å². The van der Waals surface area contributed by atoms with Crippen molar-refractivity contribution in [3.63, 3.8) is 0 Å². The third kappa shape index (κ3) is 3.28. The summed E-state index contributed by atoms with van der Waals surface area (Å²) < 4.78 is 14.5. The lowest BCUT2D eigenvalue weighted by atomic mass is 9.93. The molecule has 0 heterocycles. The van der Waals surface area contributed by atoms with E-state index in [1.54, 1.807) is 12.1 Å². The van der Waals surface area contributed by atoms with Gasteiger partial charge in [-0.25, -0.2) is 4.39 Å². The molecule has 3 heteroatoms. The summed E-state index contributed by atoms with van der Waals surface area (Å²) in [5.74, 6) is -0.212. The number of nitrogens with one attached hydrogen (secondary N) is 1. The Hall–Kier alpha value is -1.19. The maximum Gasteiger partial charge on any atom is 0.123 e. The smallest absolute Gasteiger partial charge is 0.123 e. The third-order valence-corrected chi connectivity index (χ3v) is 4.15. The third-order valence-electron chi connectivity index (χ3n) is 3.42. The van der Waals surface area contributed by atoms with Crippen LogP contribution in [0.25, 0.3) is 0 Å². The van der Waals surface area contributed by atoms with Crippen molar-refractivity contribution in [1.29, 1.82) is 0 Å². The normalized spacial score (nSPS) is 12.4. The number of halogens is 2. The first-order chi connectivity index (χ1) is 9.52. The molecule has 1 nitrogen and oxygen atoms in total. The lowest BCUT2D eigenvalue weighted by Gasteiger charge is -2.22. The predicted octanol–water partition coefficient (Wildman–Crippen LogP) is 4.90. The molecule has 0 aliphatic heterocycles. The number of benzene rings is 2. The fourth-order valence-corrected chi connectivity index (χ4v) is 2.87. The molecule has 0 spiro atoms. The summed E-state index contributed by atoms with van der Waals surface area (Å²) in [7, 11) is 0. The molecule has 0 fully saturated rings. The second-order valence-corrected chi connectivity index (χ2v) is 5.87. The van der Waals surface area contributed by atoms with Gasteiger partial charge in [0.15, 0.2) is 0 Å². The van der Waals surface area contributed by atoms with Gasteiger partial charge in [0.25, 0.3) is 0 Å². The van der Waals surface area contributed by atoms with E-state index in [0.29, 0.717) is 0 Å². The molecule has 106 valence electrons. The van der Waals surface area contributed by atoms with E-state index in [-0.39, 0.29) is 11.9 Å². The Kier molecular flexibility index (Phi) is 4.95. The average Bonchev–Trinajstić information content (AvgIpc) is 2.42. The van der Waals surface area contributed by atoms with Gasteiger partial charge in [-0.3, -0.25) is 0 Å². The van der Waals surface area contributed by atoms with Crippen molar-refractivity contribution >= 4 is 15.9 Å². The monoisotopic (exact) mass is 335 g/mol. The van der Waals surface area contributed by atoms with E-state index in [4.69, 9.17) is 0 Å². The fourth-order valence-electron chi connectivity index (χ4n) is 2.40. The van der Waals surface area contributed by atoms with Crippen LogP contribution in [0, 0.1) is 19.7 Å². The van der Waals surface area contributed by atoms with Crippen molar-refractivity contribution in [2.24, 2.45) is 0 Å². The molecule has 0 aliphatic carbocycles. The van der Waals surface area contributed by atoms with Crippen LogP contribution in [-0.2, 0) is 0 Å². The van der Waals surface area contributed by atoms with Gasteiger partial charge in [0.05, 0.1) is 6.04 Å². The van der Waals surface area contributed by atoms with E-state index in [1.165, 1.54) is 22.8 Å². The largest absolute Gasteiger partial charge is 0.306 e. The highest BCUT2D eigenvalue weighted by Crippen LogP contribution is 2.31. The van der Waals surface area contributed by atoms with Gasteiger partial charge in [0, 0.05) is 4.47 Å². The summed E-state index contributed by atoms with van der Waals surface area (Å²) in [5, 5.41) is 3.45. The Morgan fingerprint density at radius 1 is 1.10 bits per heavy atom. The molecule has 0 amide bonds. The summed E-state index contributed by atoms with van der Waals surface area (Å²) in [6.45, 7) is 7.05. The van der Waals surface area contributed by atoms with E-state index < -0.39 is 0 Å². The number of rotatable bonds is 4. The van der Waals surface area contributed by atoms with E-state index in [1.807, 2.05) is 0 Å². The summed E-state index contributed by atoms with van der Waals surface area (Å²) in [5.41, 5.74) is 4.54. The van der Waals surface area contributed by atoms with Crippen LogP contribution in [0.15, 0.2) is 40.9 Å². The maximum atomic E-state index is 13.6. The maximum absolute atomic E-state index is 13.6. The van der Waals surface area contributed by atoms with Crippen LogP contribution in [0.3, 0.4) is 0 Å². The van der Waals surface area contributed by atoms with Crippen LogP contribution in [0.4, 0.5) is 4.39 Å². The van der Waals surface area contributed by atoms with Crippen LogP contribution in [0.1, 0.15) is 35.2 Å². The fraction of sp³-hybridized carbons (Fsp3) is 0.294. The van der Waals surface area contributed by atoms with Crippen molar-refractivity contribution in [3.05, 3.63) is 68.9 Å². The Labute approximate surface area is 128 Å². The number of hydrogen-bond acceptors (Lipinski definition) is 1. The Bertz CT molecular complexity index is 558. The molecule has 1 N–H and O–H groups in total. The zero-order valence-corrected chi connectivity index (χ0v) is 13.6. The summed E-state index contributed by atoms with van der Waals surface area (Å²) >= 11 is 3.53. The van der Waals surface area contributed by atoms with Gasteiger partial charge in [-0.2, -0.15) is 0 Å². The molecule has 2 aromatic carbocycles. The molecule has 1 atom stereocenters. The van der Waals surface area contributed by atoms with Gasteiger partial charge in [-0.15, -0.1) is 0 Å². The highest BCUT2D eigenvalue weighted by molar-refractivity contribution is 9.10. The second kappa shape index (κ2) is 6.51. The summed E-state index contributed by atoms with van der Waals surface area (Å²) in [6, 6.07) is 11.2. The summed E-state index contributed by atoms with van der Waals surface area (Å²) in [6.07, 6.45) is 0. The number of aryl methyl sites for hydroxylation is 2. The molecule has 0 saturated carbocycles. The van der Waals surface area contributed by atoms with E-state index >= 15 is 0 Å². The van der Waals surface area contributed by atoms with Crippen molar-refractivity contribution < 1.29 is 4.39 Å². The molecular formula is C17H19BrFN. The Morgan fingerprint density at radius 3 is 2.55 bits per heavy atom. The highest BCUT2D eigenvalue weighted by atomic mass is 79.9. The van der Waals surface area contributed by atoms with Crippen molar-refractivity contribution in [1.82, 2.24) is 5.32 Å². The van der Waals surface area contributed by atoms with E-state index in [2.05, 4.69) is 60.2 Å². The van der Waals surface area contributed by atoms with Crippen LogP contribution < -0.4 is 5.32 Å². The lowest BCUT2D eigenvalue weighted by molar-refractivity contribution is 0.600. The predicted molar refractivity (Wildman–Crippen MR) is 85.5 cm³/mol. The zero-order chi connectivity index (χ0) is 14.7. The standard InChI is InChI=1S/C17H19BrFN/c1-4-20-17(14-9-11(2)5-6-12(14)3)15-10-13(19)7-8-16(15)18/h5-10,17,20H,4H2,1-3H3. The zero-order valence-electron chi connectivity index (χ0n) is 12.0. The van der Waals surface area contributed by atoms with E-state index in [0.717, 1.165) is 16.6 Å². The first-order valence-corrected chi connectivity index (χ1v) is 7.57. The first-order valence-electron chi connectivity index (χ1n) is 6.78. The molecule has 2 rings (SSSR count). The van der Waals surface area contributed by atoms with Crippen LogP contribution in [0.5, 0.6) is 0 Å². The van der Waals surface area contributed by atoms with Gasteiger partial charge in [-0.1, -0.05) is 46.6 Å². The van der Waals surface area contributed by atoms with Crippen molar-refractivity contribution in [3.8, 4) is 0 Å². The van der Waals surface area contributed by atoms with Gasteiger partial charge in [-0.05, 0) is 55.3 Å². The minimum absolute atomic E-state index is 0.00928. The quantitative estimate of drug-likeness (QED) is 0.837. The molecule has 1 unspecified atom stereocenters. The average molecular weight is 336 g/mol. The van der Waals surface area contributed by atoms with E-state index in [9.17, 15) is 4.39 Å². The lowest BCUT2D eigenvalue weighted by Crippen LogP contribution is -2.23. The van der Waals surface area contributed by atoms with Gasteiger partial charge < -0.3 is 5.32 Å². The molecule has 0 radical (unpaired) electrons. The van der Waals surface area contributed by atoms with Crippen LogP contribution in [-0.4, -0.2) is 6.54 Å². The topological polar surface area (TPSA) is 12.0 Å². The molecule has 20 heavy (non-hydrogen) atoms. The second-order valence-electron chi connectivity index (χ2n) is 5.02. The molecule has 0 aliphatic rings. The first kappa shape index (κ1) is 15.2. The van der Waals surface area contributed by atoms with Crippen molar-refractivity contribution in [2.45, 2.75) is 26.8 Å². The molecule has 2 aromatic rings. The SMILES string of the molecule is CCNC(c1cc(C)ccc1C)c1cc(F)ccc1Br. The highest BCUT2D eigenvalue weighted by Gasteiger charge is 2.18. The Morgan fingerprint density at radius 2 is 1.85 bits per heavy atom. The van der Waals surface area contributed by atoms with Crippen LogP contribution >= 0.6 is 15.9 Å². The minimum atomic E-state index is -0.212.